The van der Waals surface area contributed by atoms with Crippen molar-refractivity contribution in [2.75, 3.05) is 0 Å². The van der Waals surface area contributed by atoms with Crippen LogP contribution in [0, 0.1) is 0 Å². The molecule has 0 fully saturated rings. The average Bonchev–Trinajstić information content (AvgIpc) is 3.99. The molecular formula is C68H44N2O2. The molecule has 0 bridgehead atoms. The molecule has 11 aromatic carbocycles. The van der Waals surface area contributed by atoms with E-state index in [1.807, 2.05) is 109 Å². The summed E-state index contributed by atoms with van der Waals surface area (Å²) < 4.78 is 4.84. The number of aromatic nitrogens is 2. The van der Waals surface area contributed by atoms with E-state index >= 15 is 0 Å². The fourth-order valence-electron chi connectivity index (χ4n) is 10.5. The number of hydrogen-bond acceptors (Lipinski definition) is 2. The van der Waals surface area contributed by atoms with Gasteiger partial charge >= 0.3 is 0 Å². The van der Waals surface area contributed by atoms with E-state index in [2.05, 4.69) is 167 Å². The number of rotatable bonds is 10. The minimum atomic E-state index is 0.0274. The lowest BCUT2D eigenvalue weighted by atomic mass is 9.97. The van der Waals surface area contributed by atoms with Crippen LogP contribution in [-0.4, -0.2) is 20.7 Å². The summed E-state index contributed by atoms with van der Waals surface area (Å²) >= 11 is 0. The Bertz CT molecular complexity index is 4150. The Morgan fingerprint density at radius 1 is 0.236 bits per heavy atom. The number of ketones is 2. The molecular weight excluding hydrogens is 877 g/mol. The Morgan fingerprint density at radius 2 is 0.556 bits per heavy atom. The van der Waals surface area contributed by atoms with Crippen molar-refractivity contribution in [1.82, 2.24) is 9.13 Å². The molecule has 4 nitrogen and oxygen atoms in total. The van der Waals surface area contributed by atoms with E-state index in [9.17, 15) is 9.59 Å². The van der Waals surface area contributed by atoms with Crippen molar-refractivity contribution < 1.29 is 9.59 Å². The molecule has 4 heteroatoms. The Hall–Kier alpha value is -9.64. The van der Waals surface area contributed by atoms with E-state index in [1.54, 1.807) is 0 Å². The summed E-state index contributed by atoms with van der Waals surface area (Å²) in [5, 5.41) is 4.85. The van der Waals surface area contributed by atoms with E-state index in [0.717, 1.165) is 72.4 Å². The van der Waals surface area contributed by atoms with Crippen LogP contribution in [0.3, 0.4) is 0 Å². The highest BCUT2D eigenvalue weighted by molar-refractivity contribution is 6.26. The first kappa shape index (κ1) is 42.5. The van der Waals surface area contributed by atoms with Gasteiger partial charge in [-0.05, 0) is 87.0 Å². The van der Waals surface area contributed by atoms with E-state index in [0.29, 0.717) is 22.3 Å². The first-order valence-electron chi connectivity index (χ1n) is 24.3. The summed E-state index contributed by atoms with van der Waals surface area (Å²) in [5.41, 5.74) is 18.5. The largest absolute Gasteiger partial charge is 0.309 e. The molecule has 2 heterocycles. The molecule has 0 radical (unpaired) electrons. The van der Waals surface area contributed by atoms with E-state index in [4.69, 9.17) is 0 Å². The van der Waals surface area contributed by atoms with Crippen LogP contribution in [0.15, 0.2) is 267 Å². The maximum Gasteiger partial charge on any atom is 0.193 e. The zero-order chi connectivity index (χ0) is 48.1. The van der Waals surface area contributed by atoms with Gasteiger partial charge in [-0.15, -0.1) is 0 Å². The van der Waals surface area contributed by atoms with Gasteiger partial charge in [-0.2, -0.15) is 0 Å². The van der Waals surface area contributed by atoms with Gasteiger partial charge in [0, 0.05) is 55.2 Å². The number of carbonyl (C=O) groups is 2. The van der Waals surface area contributed by atoms with Gasteiger partial charge in [0.2, 0.25) is 0 Å². The van der Waals surface area contributed by atoms with Crippen molar-refractivity contribution in [2.45, 2.75) is 0 Å². The monoisotopic (exact) mass is 920 g/mol. The smallest absolute Gasteiger partial charge is 0.193 e. The zero-order valence-electron chi connectivity index (χ0n) is 39.1. The first-order chi connectivity index (χ1) is 35.5. The second-order valence-corrected chi connectivity index (χ2v) is 18.4. The van der Waals surface area contributed by atoms with Crippen LogP contribution in [0.2, 0.25) is 0 Å². The molecule has 0 amide bonds. The van der Waals surface area contributed by atoms with Crippen molar-refractivity contribution in [3.05, 3.63) is 289 Å². The molecule has 0 atom stereocenters. The lowest BCUT2D eigenvalue weighted by Crippen LogP contribution is -2.00. The van der Waals surface area contributed by atoms with Crippen LogP contribution in [0.1, 0.15) is 31.8 Å². The molecule has 72 heavy (non-hydrogen) atoms. The molecule has 0 unspecified atom stereocenters. The van der Waals surface area contributed by atoms with Gasteiger partial charge in [-0.1, -0.05) is 224 Å². The Morgan fingerprint density at radius 3 is 0.986 bits per heavy atom. The highest BCUT2D eigenvalue weighted by atomic mass is 16.1. The van der Waals surface area contributed by atoms with Crippen LogP contribution < -0.4 is 0 Å². The van der Waals surface area contributed by atoms with Crippen molar-refractivity contribution >= 4 is 55.2 Å². The average molecular weight is 921 g/mol. The quantitative estimate of drug-likeness (QED) is 0.128. The van der Waals surface area contributed by atoms with Crippen molar-refractivity contribution in [3.8, 4) is 55.9 Å². The van der Waals surface area contributed by atoms with Gasteiger partial charge in [0.05, 0.1) is 22.1 Å². The fourth-order valence-corrected chi connectivity index (χ4v) is 10.5. The molecule has 13 aromatic rings. The summed E-state index contributed by atoms with van der Waals surface area (Å²) in [7, 11) is 0. The summed E-state index contributed by atoms with van der Waals surface area (Å²) in [5.74, 6) is 0.0550. The standard InChI is InChI=1S/C68H44N2O2/c71-67(53-11-3-1-4-12-53)55-31-27-49(28-32-55)45-19-23-47(24-20-45)51-35-39-57(40-36-51)69-63-18-10-8-16-61(63)65-64(69)44-43-60-59-15-7-9-17-62(59)70(66(60)65)58-41-37-52(38-42-58)48-25-21-46(22-26-48)50-29-33-56(34-30-50)68(72)54-13-5-2-6-14-54/h1-44H. The van der Waals surface area contributed by atoms with Gasteiger partial charge in [0.15, 0.2) is 11.6 Å². The van der Waals surface area contributed by atoms with Gasteiger partial charge in [0.25, 0.3) is 0 Å². The predicted molar refractivity (Wildman–Crippen MR) is 297 cm³/mol. The summed E-state index contributed by atoms with van der Waals surface area (Å²) in [6.45, 7) is 0. The van der Waals surface area contributed by atoms with Gasteiger partial charge < -0.3 is 9.13 Å². The molecule has 0 saturated heterocycles. The molecule has 0 spiro atoms. The number of fused-ring (bicyclic) bond motifs is 7. The highest BCUT2D eigenvalue weighted by Crippen LogP contribution is 2.42. The number of hydrogen-bond donors (Lipinski definition) is 0. The van der Waals surface area contributed by atoms with Crippen LogP contribution in [0.25, 0.3) is 99.5 Å². The maximum atomic E-state index is 13.0. The van der Waals surface area contributed by atoms with Gasteiger partial charge in [0.1, 0.15) is 0 Å². The second-order valence-electron chi connectivity index (χ2n) is 18.4. The maximum absolute atomic E-state index is 13.0. The normalized spacial score (nSPS) is 11.4. The van der Waals surface area contributed by atoms with Crippen LogP contribution in [0.5, 0.6) is 0 Å². The first-order valence-corrected chi connectivity index (χ1v) is 24.3. The van der Waals surface area contributed by atoms with Crippen molar-refractivity contribution in [1.29, 1.82) is 0 Å². The lowest BCUT2D eigenvalue weighted by molar-refractivity contribution is 0.103. The van der Waals surface area contributed by atoms with Gasteiger partial charge in [-0.3, -0.25) is 9.59 Å². The summed E-state index contributed by atoms with van der Waals surface area (Å²) in [6, 6.07) is 91.8. The SMILES string of the molecule is O=C(c1ccccc1)c1ccc(-c2ccc(-c3ccc(-n4c5ccccc5c5c4ccc4c6ccccc6n(-c6ccc(-c7ccc(-c8ccc(C(=O)c9ccccc9)cc8)cc7)cc6)c45)cc3)cc2)cc1. The number of para-hydroxylation sites is 2. The topological polar surface area (TPSA) is 44.0 Å². The summed E-state index contributed by atoms with van der Waals surface area (Å²) in [4.78, 5) is 26.0. The highest BCUT2D eigenvalue weighted by Gasteiger charge is 2.21. The molecule has 2 aromatic heterocycles. The van der Waals surface area contributed by atoms with E-state index < -0.39 is 0 Å². The van der Waals surface area contributed by atoms with Crippen molar-refractivity contribution in [3.63, 3.8) is 0 Å². The third kappa shape index (κ3) is 7.42. The summed E-state index contributed by atoms with van der Waals surface area (Å²) in [6.07, 6.45) is 0. The fraction of sp³-hybridized carbons (Fsp3) is 0. The van der Waals surface area contributed by atoms with E-state index in [-0.39, 0.29) is 11.6 Å². The third-order valence-corrected chi connectivity index (χ3v) is 14.2. The van der Waals surface area contributed by atoms with E-state index in [1.165, 1.54) is 27.1 Å². The van der Waals surface area contributed by atoms with Gasteiger partial charge in [-0.25, -0.2) is 0 Å². The van der Waals surface area contributed by atoms with Crippen LogP contribution in [0.4, 0.5) is 0 Å². The molecule has 338 valence electrons. The zero-order valence-corrected chi connectivity index (χ0v) is 39.1. The molecule has 0 aliphatic heterocycles. The number of nitrogens with zero attached hydrogens (tertiary/aromatic N) is 2. The molecule has 0 saturated carbocycles. The van der Waals surface area contributed by atoms with Crippen LogP contribution in [-0.2, 0) is 0 Å². The molecule has 13 rings (SSSR count). The number of benzene rings is 11. The number of carbonyl (C=O) groups excluding carboxylic acids is 2. The third-order valence-electron chi connectivity index (χ3n) is 14.2. The van der Waals surface area contributed by atoms with Crippen LogP contribution >= 0.6 is 0 Å². The molecule has 0 aliphatic carbocycles. The minimum absolute atomic E-state index is 0.0274. The minimum Gasteiger partial charge on any atom is -0.309 e. The Balaban J connectivity index is 0.806. The lowest BCUT2D eigenvalue weighted by Gasteiger charge is -2.12. The predicted octanol–water partition coefficient (Wildman–Crippen LogP) is 17.0. The second kappa shape index (κ2) is 17.7. The Kier molecular flexibility index (Phi) is 10.4. The molecule has 0 aliphatic rings. The Labute approximate surface area is 417 Å². The van der Waals surface area contributed by atoms with Crippen molar-refractivity contribution in [2.24, 2.45) is 0 Å². The molecule has 0 N–H and O–H groups in total.